The highest BCUT2D eigenvalue weighted by molar-refractivity contribution is 6.18. The molecule has 0 aliphatic carbocycles. The molecule has 0 spiro atoms. The summed E-state index contributed by atoms with van der Waals surface area (Å²) in [5.74, 6) is 0.485. The van der Waals surface area contributed by atoms with Crippen LogP contribution in [0.4, 0.5) is 0 Å². The Labute approximate surface area is 356 Å². The Morgan fingerprint density at radius 3 is 1.02 bits per heavy atom. The third kappa shape index (κ3) is 10.2. The molecule has 0 N–H and O–H groups in total. The predicted octanol–water partition coefficient (Wildman–Crippen LogP) is 9.19. The summed E-state index contributed by atoms with van der Waals surface area (Å²) in [6.45, 7) is 0.564. The zero-order valence-corrected chi connectivity index (χ0v) is 33.8. The zero-order valence-electron chi connectivity index (χ0n) is 31.5. The molecule has 0 saturated heterocycles. The van der Waals surface area contributed by atoms with E-state index in [4.69, 9.17) is 62.6 Å². The number of carbonyl (C=O) groups excluding carboxylic acids is 3. The first kappa shape index (κ1) is 41.7. The molecule has 0 amide bonds. The van der Waals surface area contributed by atoms with Gasteiger partial charge in [0.25, 0.3) is 17.7 Å². The lowest BCUT2D eigenvalue weighted by Gasteiger charge is -2.04. The van der Waals surface area contributed by atoms with E-state index < -0.39 is 17.9 Å². The lowest BCUT2D eigenvalue weighted by Crippen LogP contribution is -2.06. The maximum Gasteiger partial charge on any atom is 0.338 e. The van der Waals surface area contributed by atoms with Crippen LogP contribution in [0, 0.1) is 0 Å². The summed E-state index contributed by atoms with van der Waals surface area (Å²) in [4.78, 5) is 51.8. The summed E-state index contributed by atoms with van der Waals surface area (Å²) >= 11 is 17.2. The van der Waals surface area contributed by atoms with Gasteiger partial charge in [-0.25, -0.2) is 14.4 Å². The Hall–Kier alpha value is -6.42. The number of hydrogen-bond donors (Lipinski definition) is 0. The third-order valence-corrected chi connectivity index (χ3v) is 9.36. The second kappa shape index (κ2) is 20.0. The van der Waals surface area contributed by atoms with E-state index in [0.29, 0.717) is 87.0 Å². The number of esters is 3. The normalized spacial score (nSPS) is 11.1. The average Bonchev–Trinajstić information content (AvgIpc) is 4.09. The molecule has 18 heteroatoms. The fourth-order valence-corrected chi connectivity index (χ4v) is 5.96. The van der Waals surface area contributed by atoms with E-state index >= 15 is 0 Å². The average molecular weight is 872 g/mol. The van der Waals surface area contributed by atoms with Gasteiger partial charge < -0.3 is 27.8 Å². The number of alkyl halides is 3. The van der Waals surface area contributed by atoms with Crippen molar-refractivity contribution in [3.63, 3.8) is 0 Å². The third-order valence-electron chi connectivity index (χ3n) is 8.55. The van der Waals surface area contributed by atoms with Crippen LogP contribution >= 0.6 is 34.8 Å². The summed E-state index contributed by atoms with van der Waals surface area (Å²) in [7, 11) is 0. The second-order valence-corrected chi connectivity index (χ2v) is 14.0. The van der Waals surface area contributed by atoms with Crippen LogP contribution in [0.1, 0.15) is 50.3 Å². The molecule has 7 rings (SSSR count). The number of benzene rings is 4. The highest BCUT2D eigenvalue weighted by atomic mass is 35.5. The van der Waals surface area contributed by atoms with Crippen LogP contribution in [0.2, 0.25) is 0 Å². The van der Waals surface area contributed by atoms with E-state index in [1.165, 1.54) is 0 Å². The van der Waals surface area contributed by atoms with Crippen molar-refractivity contribution in [2.45, 2.75) is 19.3 Å². The van der Waals surface area contributed by atoms with E-state index in [-0.39, 0.29) is 55.0 Å². The van der Waals surface area contributed by atoms with Crippen LogP contribution in [-0.2, 0) is 14.2 Å². The molecule has 0 atom stereocenters. The maximum atomic E-state index is 12.6. The lowest BCUT2D eigenvalue weighted by atomic mass is 10.0. The molecule has 3 heterocycles. The highest BCUT2D eigenvalue weighted by Crippen LogP contribution is 2.34. The number of ether oxygens (including phenoxy) is 3. The minimum atomic E-state index is -0.510. The van der Waals surface area contributed by atoms with Gasteiger partial charge in [0.2, 0.25) is 17.5 Å². The number of carbonyl (C=O) groups is 3. The monoisotopic (exact) mass is 870 g/mol. The molecule has 0 saturated carbocycles. The van der Waals surface area contributed by atoms with Crippen LogP contribution in [0.15, 0.2) is 105 Å². The number of rotatable bonds is 18. The summed E-state index contributed by atoms with van der Waals surface area (Å²) in [6, 6.07) is 25.0. The zero-order chi connectivity index (χ0) is 41.8. The first-order valence-electron chi connectivity index (χ1n) is 18.5. The van der Waals surface area contributed by atoms with Crippen molar-refractivity contribution in [3.05, 3.63) is 108 Å². The smallest absolute Gasteiger partial charge is 0.338 e. The van der Waals surface area contributed by atoms with Crippen LogP contribution < -0.4 is 0 Å². The Bertz CT molecular complexity index is 2320. The standard InChI is InChI=1S/C42H33Cl3N6O9/c43-13-4-16-55-40(52)28-10-1-7-25(19-28)34-46-37(58-49-34)31-22-32(38-47-35(50-59-38)26-8-2-11-29(20-26)41(53)56-17-5-14-44)24-33(23-31)39-48-36(51-60-39)27-9-3-12-30(21-27)42(54)57-18-6-15-45/h1-3,7-12,19-24H,4-6,13-18H2. The molecule has 0 aliphatic rings. The Morgan fingerprint density at radius 1 is 0.433 bits per heavy atom. The number of nitrogens with zero attached hydrogens (tertiary/aromatic N) is 6. The molecule has 4 aromatic carbocycles. The van der Waals surface area contributed by atoms with E-state index in [9.17, 15) is 14.4 Å². The molecule has 0 aliphatic heterocycles. The van der Waals surface area contributed by atoms with Crippen molar-refractivity contribution < 1.29 is 42.2 Å². The van der Waals surface area contributed by atoms with Crippen LogP contribution in [0.3, 0.4) is 0 Å². The van der Waals surface area contributed by atoms with Crippen molar-refractivity contribution in [3.8, 4) is 68.5 Å². The topological polar surface area (TPSA) is 196 Å². The van der Waals surface area contributed by atoms with Crippen LogP contribution in [-0.4, -0.2) is 85.8 Å². The molecule has 3 aromatic heterocycles. The molecule has 0 unspecified atom stereocenters. The van der Waals surface area contributed by atoms with Gasteiger partial charge in [0, 0.05) is 51.0 Å². The van der Waals surface area contributed by atoms with E-state index in [2.05, 4.69) is 30.4 Å². The predicted molar refractivity (Wildman–Crippen MR) is 219 cm³/mol. The summed E-state index contributed by atoms with van der Waals surface area (Å²) < 4.78 is 33.1. The first-order valence-corrected chi connectivity index (χ1v) is 20.1. The number of hydrogen-bond acceptors (Lipinski definition) is 15. The van der Waals surface area contributed by atoms with Gasteiger partial charge in [-0.3, -0.25) is 0 Å². The van der Waals surface area contributed by atoms with Crippen LogP contribution in [0.25, 0.3) is 68.5 Å². The number of aromatic nitrogens is 6. The molecular formula is C42H33Cl3N6O9. The van der Waals surface area contributed by atoms with Gasteiger partial charge >= 0.3 is 17.9 Å². The summed E-state index contributed by atoms with van der Waals surface area (Å²) in [5.41, 5.74) is 3.69. The molecule has 0 radical (unpaired) electrons. The van der Waals surface area contributed by atoms with Gasteiger partial charge in [0.05, 0.1) is 36.5 Å². The molecule has 0 fully saturated rings. The Balaban J connectivity index is 1.22. The minimum Gasteiger partial charge on any atom is -0.462 e. The fraction of sp³-hybridized carbons (Fsp3) is 0.214. The molecule has 7 aromatic rings. The van der Waals surface area contributed by atoms with Crippen molar-refractivity contribution in [1.82, 2.24) is 30.4 Å². The van der Waals surface area contributed by atoms with E-state index in [1.807, 2.05) is 0 Å². The highest BCUT2D eigenvalue weighted by Gasteiger charge is 2.21. The summed E-state index contributed by atoms with van der Waals surface area (Å²) in [6.07, 6.45) is 1.57. The maximum absolute atomic E-state index is 12.6. The minimum absolute atomic E-state index is 0.100. The molecule has 306 valence electrons. The van der Waals surface area contributed by atoms with Gasteiger partial charge in [0.1, 0.15) is 0 Å². The molecule has 60 heavy (non-hydrogen) atoms. The lowest BCUT2D eigenvalue weighted by molar-refractivity contribution is 0.0497. The second-order valence-electron chi connectivity index (χ2n) is 12.8. The van der Waals surface area contributed by atoms with E-state index in [0.717, 1.165) is 0 Å². The van der Waals surface area contributed by atoms with E-state index in [1.54, 1.807) is 91.0 Å². The quantitative estimate of drug-likeness (QED) is 0.0342. The number of halogens is 3. The van der Waals surface area contributed by atoms with Crippen molar-refractivity contribution in [1.29, 1.82) is 0 Å². The molecule has 0 bridgehead atoms. The van der Waals surface area contributed by atoms with Crippen molar-refractivity contribution in [2.75, 3.05) is 37.5 Å². The largest absolute Gasteiger partial charge is 0.462 e. The van der Waals surface area contributed by atoms with Gasteiger partial charge in [0.15, 0.2) is 0 Å². The molecular weight excluding hydrogens is 839 g/mol. The Kier molecular flexibility index (Phi) is 13.9. The van der Waals surface area contributed by atoms with Gasteiger partial charge in [-0.15, -0.1) is 34.8 Å². The molecule has 15 nitrogen and oxygen atoms in total. The van der Waals surface area contributed by atoms with Crippen LogP contribution in [0.5, 0.6) is 0 Å². The van der Waals surface area contributed by atoms with Gasteiger partial charge in [-0.1, -0.05) is 51.9 Å². The Morgan fingerprint density at radius 2 is 0.733 bits per heavy atom. The SMILES string of the molecule is O=C(OCCCCl)c1cccc(-c2noc(-c3cc(-c4nc(-c5cccc(C(=O)OCCCCl)c5)no4)cc(-c4nc(-c5cccc(C(=O)OCCCCl)c5)no4)c3)n2)c1. The summed E-state index contributed by atoms with van der Waals surface area (Å²) in [5, 5.41) is 12.5. The van der Waals surface area contributed by atoms with Crippen molar-refractivity contribution >= 4 is 52.7 Å². The van der Waals surface area contributed by atoms with Gasteiger partial charge in [-0.05, 0) is 73.9 Å². The van der Waals surface area contributed by atoms with Crippen molar-refractivity contribution in [2.24, 2.45) is 0 Å². The fourth-order valence-electron chi connectivity index (χ4n) is 5.64. The van der Waals surface area contributed by atoms with Gasteiger partial charge in [-0.2, -0.15) is 15.0 Å². The first-order chi connectivity index (χ1) is 29.3.